The number of carbonyl (C=O) groups excluding carboxylic acids is 3. The SMILES string of the molecule is Cc1cc(NC(=O)[C@H](CCN)NC(=O)[C@@H]2Cc3ccccc3CN2C(=O)CCC(O)N2CCN(C)C[C@H]2C)ccc1Cl. The quantitative estimate of drug-likeness (QED) is 0.329. The van der Waals surface area contributed by atoms with E-state index in [0.717, 1.165) is 36.3 Å². The molecule has 0 aliphatic carbocycles. The number of benzene rings is 2. The summed E-state index contributed by atoms with van der Waals surface area (Å²) in [5.74, 6) is -1.01. The Morgan fingerprint density at radius 3 is 2.55 bits per heavy atom. The molecular formula is C31H43ClN6O4. The lowest BCUT2D eigenvalue weighted by Crippen LogP contribution is -2.57. The fraction of sp³-hybridized carbons (Fsp3) is 0.516. The Bertz CT molecular complexity index is 1280. The van der Waals surface area contributed by atoms with Crippen LogP contribution < -0.4 is 16.4 Å². The smallest absolute Gasteiger partial charge is 0.246 e. The number of fused-ring (bicyclic) bond motifs is 1. The van der Waals surface area contributed by atoms with Crippen LogP contribution in [0.3, 0.4) is 0 Å². The number of rotatable bonds is 10. The highest BCUT2D eigenvalue weighted by Crippen LogP contribution is 2.26. The monoisotopic (exact) mass is 598 g/mol. The number of hydrogen-bond donors (Lipinski definition) is 4. The van der Waals surface area contributed by atoms with Crippen LogP contribution in [0.5, 0.6) is 0 Å². The molecule has 10 nitrogen and oxygen atoms in total. The van der Waals surface area contributed by atoms with Crippen molar-refractivity contribution in [2.75, 3.05) is 38.5 Å². The maximum absolute atomic E-state index is 13.7. The Balaban J connectivity index is 1.45. The fourth-order valence-electron chi connectivity index (χ4n) is 5.83. The van der Waals surface area contributed by atoms with Gasteiger partial charge in [-0.3, -0.25) is 19.3 Å². The van der Waals surface area contributed by atoms with Gasteiger partial charge < -0.3 is 31.3 Å². The fourth-order valence-corrected chi connectivity index (χ4v) is 5.95. The Kier molecular flexibility index (Phi) is 11.0. The number of halogens is 1. The zero-order valence-electron chi connectivity index (χ0n) is 24.7. The second-order valence-electron chi connectivity index (χ2n) is 11.5. The first kappa shape index (κ1) is 31.9. The van der Waals surface area contributed by atoms with Crippen molar-refractivity contribution in [2.45, 2.75) is 70.4 Å². The van der Waals surface area contributed by atoms with E-state index in [4.69, 9.17) is 17.3 Å². The van der Waals surface area contributed by atoms with Gasteiger partial charge in [0, 0.05) is 55.8 Å². The van der Waals surface area contributed by atoms with E-state index in [9.17, 15) is 19.5 Å². The third kappa shape index (κ3) is 7.87. The van der Waals surface area contributed by atoms with Crippen LogP contribution in [-0.2, 0) is 27.3 Å². The van der Waals surface area contributed by atoms with Crippen LogP contribution in [0.15, 0.2) is 42.5 Å². The first-order valence-electron chi connectivity index (χ1n) is 14.6. The number of carbonyl (C=O) groups is 3. The highest BCUT2D eigenvalue weighted by atomic mass is 35.5. The molecule has 0 spiro atoms. The largest absolute Gasteiger partial charge is 0.378 e. The number of likely N-dealkylation sites (N-methyl/N-ethyl adjacent to an activating group) is 1. The van der Waals surface area contributed by atoms with Crippen molar-refractivity contribution < 1.29 is 19.5 Å². The highest BCUT2D eigenvalue weighted by molar-refractivity contribution is 6.31. The normalized spacial score (nSPS) is 20.9. The van der Waals surface area contributed by atoms with Crippen molar-refractivity contribution in [1.82, 2.24) is 20.0 Å². The number of anilines is 1. The van der Waals surface area contributed by atoms with E-state index < -0.39 is 30.1 Å². The second kappa shape index (κ2) is 14.4. The van der Waals surface area contributed by atoms with E-state index in [1.54, 1.807) is 23.1 Å². The molecular weight excluding hydrogens is 556 g/mol. The first-order chi connectivity index (χ1) is 20.1. The molecule has 228 valence electrons. The Morgan fingerprint density at radius 2 is 1.86 bits per heavy atom. The second-order valence-corrected chi connectivity index (χ2v) is 11.9. The zero-order chi connectivity index (χ0) is 30.4. The summed E-state index contributed by atoms with van der Waals surface area (Å²) in [5.41, 5.74) is 9.16. The molecule has 2 aromatic carbocycles. The molecule has 0 radical (unpaired) electrons. The van der Waals surface area contributed by atoms with E-state index in [-0.39, 0.29) is 44.3 Å². The number of piperazine rings is 1. The lowest BCUT2D eigenvalue weighted by Gasteiger charge is -2.41. The maximum Gasteiger partial charge on any atom is 0.246 e. The van der Waals surface area contributed by atoms with Crippen molar-refractivity contribution in [3.05, 3.63) is 64.2 Å². The summed E-state index contributed by atoms with van der Waals surface area (Å²) in [5, 5.41) is 17.2. The number of aliphatic hydroxyl groups excluding tert-OH is 1. The summed E-state index contributed by atoms with van der Waals surface area (Å²) in [6.07, 6.45) is 0.208. The number of hydrogen-bond acceptors (Lipinski definition) is 7. The van der Waals surface area contributed by atoms with Crippen LogP contribution in [0.25, 0.3) is 0 Å². The van der Waals surface area contributed by atoms with Crippen LogP contribution >= 0.6 is 11.6 Å². The lowest BCUT2D eigenvalue weighted by atomic mass is 9.92. The van der Waals surface area contributed by atoms with Gasteiger partial charge in [-0.2, -0.15) is 0 Å². The minimum absolute atomic E-state index is 0.106. The Labute approximate surface area is 253 Å². The van der Waals surface area contributed by atoms with Crippen LogP contribution in [-0.4, -0.2) is 95.1 Å². The molecule has 3 amide bonds. The molecule has 1 unspecified atom stereocenters. The third-order valence-corrected chi connectivity index (χ3v) is 8.69. The molecule has 5 N–H and O–H groups in total. The van der Waals surface area contributed by atoms with Crippen molar-refractivity contribution >= 4 is 35.0 Å². The van der Waals surface area contributed by atoms with E-state index in [2.05, 4.69) is 29.5 Å². The lowest BCUT2D eigenvalue weighted by molar-refractivity contribution is -0.143. The van der Waals surface area contributed by atoms with Gasteiger partial charge in [-0.05, 0) is 75.2 Å². The number of nitrogens with zero attached hydrogens (tertiary/aromatic N) is 3. The molecule has 4 atom stereocenters. The summed E-state index contributed by atoms with van der Waals surface area (Å²) >= 11 is 6.11. The molecule has 2 aliphatic rings. The number of nitrogens with one attached hydrogen (secondary N) is 2. The van der Waals surface area contributed by atoms with E-state index in [1.807, 2.05) is 36.1 Å². The molecule has 0 saturated carbocycles. The van der Waals surface area contributed by atoms with Gasteiger partial charge in [0.2, 0.25) is 17.7 Å². The number of aryl methyl sites for hydroxylation is 1. The van der Waals surface area contributed by atoms with Crippen LogP contribution in [0, 0.1) is 6.92 Å². The maximum atomic E-state index is 13.7. The number of amides is 3. The summed E-state index contributed by atoms with van der Waals surface area (Å²) in [6.45, 7) is 6.83. The van der Waals surface area contributed by atoms with E-state index in [0.29, 0.717) is 17.1 Å². The van der Waals surface area contributed by atoms with Gasteiger partial charge in [0.05, 0.1) is 0 Å². The predicted molar refractivity (Wildman–Crippen MR) is 164 cm³/mol. The molecule has 1 saturated heterocycles. The highest BCUT2D eigenvalue weighted by Gasteiger charge is 2.36. The Hall–Kier alpha value is -3.02. The summed E-state index contributed by atoms with van der Waals surface area (Å²) in [7, 11) is 2.06. The molecule has 2 heterocycles. The van der Waals surface area contributed by atoms with E-state index in [1.165, 1.54) is 0 Å². The standard InChI is InChI=1S/C31H43ClN6O4/c1-20-16-24(8-9-25(20)32)34-30(41)26(12-13-33)35-31(42)27-17-22-6-4-5-7-23(22)19-38(27)29(40)11-10-28(39)37-15-14-36(3)18-21(37)2/h4-9,16,21,26-28,39H,10-15,17-19,33H2,1-3H3,(H,34,41)(H,35,42)/t21-,26+,27+,28?/m1/s1. The molecule has 2 aromatic rings. The van der Waals surface area contributed by atoms with Crippen molar-refractivity contribution in [2.24, 2.45) is 5.73 Å². The van der Waals surface area contributed by atoms with Crippen LogP contribution in [0.4, 0.5) is 5.69 Å². The molecule has 0 bridgehead atoms. The first-order valence-corrected chi connectivity index (χ1v) is 15.0. The summed E-state index contributed by atoms with van der Waals surface area (Å²) < 4.78 is 0. The van der Waals surface area contributed by atoms with E-state index >= 15 is 0 Å². The topological polar surface area (TPSA) is 131 Å². The number of nitrogens with two attached hydrogens (primary N) is 1. The average Bonchev–Trinajstić information content (AvgIpc) is 2.96. The van der Waals surface area contributed by atoms with Gasteiger partial charge in [0.25, 0.3) is 0 Å². The van der Waals surface area contributed by atoms with Gasteiger partial charge in [0.1, 0.15) is 18.3 Å². The third-order valence-electron chi connectivity index (χ3n) is 8.27. The van der Waals surface area contributed by atoms with Crippen molar-refractivity contribution in [1.29, 1.82) is 0 Å². The minimum atomic E-state index is -0.881. The summed E-state index contributed by atoms with van der Waals surface area (Å²) in [6, 6.07) is 11.4. The van der Waals surface area contributed by atoms with Crippen molar-refractivity contribution in [3.63, 3.8) is 0 Å². The van der Waals surface area contributed by atoms with Gasteiger partial charge >= 0.3 is 0 Å². The molecule has 4 rings (SSSR count). The van der Waals surface area contributed by atoms with Gasteiger partial charge in [-0.1, -0.05) is 35.9 Å². The van der Waals surface area contributed by atoms with Gasteiger partial charge in [0.15, 0.2) is 0 Å². The average molecular weight is 599 g/mol. The van der Waals surface area contributed by atoms with Gasteiger partial charge in [-0.15, -0.1) is 0 Å². The molecule has 0 aromatic heterocycles. The molecule has 11 heteroatoms. The minimum Gasteiger partial charge on any atom is -0.378 e. The zero-order valence-corrected chi connectivity index (χ0v) is 25.4. The number of aliphatic hydroxyl groups is 1. The predicted octanol–water partition coefficient (Wildman–Crippen LogP) is 2.11. The molecule has 42 heavy (non-hydrogen) atoms. The van der Waals surface area contributed by atoms with Crippen molar-refractivity contribution in [3.8, 4) is 0 Å². The van der Waals surface area contributed by atoms with Crippen LogP contribution in [0.2, 0.25) is 5.02 Å². The molecule has 1 fully saturated rings. The molecule has 2 aliphatic heterocycles. The summed E-state index contributed by atoms with van der Waals surface area (Å²) in [4.78, 5) is 46.3. The Morgan fingerprint density at radius 1 is 1.12 bits per heavy atom. The van der Waals surface area contributed by atoms with Crippen LogP contribution in [0.1, 0.15) is 42.9 Å². The van der Waals surface area contributed by atoms with Gasteiger partial charge in [-0.25, -0.2) is 0 Å².